The Morgan fingerprint density at radius 2 is 1.90 bits per heavy atom. The van der Waals surface area contributed by atoms with E-state index in [0.29, 0.717) is 11.1 Å². The van der Waals surface area contributed by atoms with Crippen LogP contribution in [0.25, 0.3) is 5.76 Å². The first kappa shape index (κ1) is 20.8. The molecule has 1 atom stereocenters. The summed E-state index contributed by atoms with van der Waals surface area (Å²) in [4.78, 5) is 31.3. The quantitative estimate of drug-likeness (QED) is 0.352. The highest BCUT2D eigenvalue weighted by Gasteiger charge is 2.47. The van der Waals surface area contributed by atoms with Crippen LogP contribution in [0.5, 0.6) is 0 Å². The molecule has 1 saturated heterocycles. The number of aromatic nitrogens is 1. The minimum absolute atomic E-state index is 0.0669. The van der Waals surface area contributed by atoms with Gasteiger partial charge in [0.15, 0.2) is 0 Å². The number of hydrogen-bond donors (Lipinski definition) is 1. The lowest BCUT2D eigenvalue weighted by molar-refractivity contribution is -0.132. The van der Waals surface area contributed by atoms with Gasteiger partial charge in [-0.1, -0.05) is 48.9 Å². The van der Waals surface area contributed by atoms with Gasteiger partial charge in [0.25, 0.3) is 11.7 Å². The van der Waals surface area contributed by atoms with Gasteiger partial charge in [-0.2, -0.15) is 0 Å². The van der Waals surface area contributed by atoms with E-state index in [2.05, 4.69) is 4.98 Å². The van der Waals surface area contributed by atoms with Gasteiger partial charge in [-0.25, -0.2) is 4.39 Å². The Balaban J connectivity index is 1.92. The Bertz CT molecular complexity index is 1190. The lowest BCUT2D eigenvalue weighted by Gasteiger charge is -2.25. The summed E-state index contributed by atoms with van der Waals surface area (Å²) in [6.07, 6.45) is 3.91. The summed E-state index contributed by atoms with van der Waals surface area (Å²) in [5.74, 6) is -2.61. The van der Waals surface area contributed by atoms with E-state index < -0.39 is 23.5 Å². The number of anilines is 1. The van der Waals surface area contributed by atoms with Gasteiger partial charge in [-0.15, -0.1) is 0 Å². The molecule has 1 aliphatic rings. The molecule has 7 heteroatoms. The zero-order chi connectivity index (χ0) is 22.1. The molecule has 2 aromatic carbocycles. The van der Waals surface area contributed by atoms with Crippen LogP contribution < -0.4 is 4.90 Å². The number of rotatable bonds is 4. The second kappa shape index (κ2) is 8.32. The minimum atomic E-state index is -0.943. The molecule has 1 aliphatic heterocycles. The number of Topliss-reactive ketones (excluding diaryl/α,β-unsaturated/α-hetero) is 1. The molecular formula is C24H18ClFN2O3. The number of hydrogen-bond acceptors (Lipinski definition) is 4. The third kappa shape index (κ3) is 3.70. The number of pyridine rings is 1. The van der Waals surface area contributed by atoms with Crippen LogP contribution in [-0.2, 0) is 16.0 Å². The summed E-state index contributed by atoms with van der Waals surface area (Å²) in [7, 11) is 0. The van der Waals surface area contributed by atoms with Crippen molar-refractivity contribution < 1.29 is 19.1 Å². The van der Waals surface area contributed by atoms with E-state index in [4.69, 9.17) is 11.6 Å². The lowest BCUT2D eigenvalue weighted by atomic mass is 9.95. The fourth-order valence-electron chi connectivity index (χ4n) is 3.64. The first-order valence-corrected chi connectivity index (χ1v) is 10.1. The van der Waals surface area contributed by atoms with E-state index in [1.54, 1.807) is 30.5 Å². The molecule has 1 unspecified atom stereocenters. The number of halogens is 2. The van der Waals surface area contributed by atoms with Crippen molar-refractivity contribution in [1.29, 1.82) is 0 Å². The van der Waals surface area contributed by atoms with Crippen LogP contribution in [-0.4, -0.2) is 21.8 Å². The zero-order valence-electron chi connectivity index (χ0n) is 16.5. The van der Waals surface area contributed by atoms with Gasteiger partial charge in [-0.3, -0.25) is 19.5 Å². The number of aliphatic hydroxyl groups is 1. The third-order valence-electron chi connectivity index (χ3n) is 5.26. The maximum absolute atomic E-state index is 13.7. The first-order chi connectivity index (χ1) is 14.9. The van der Waals surface area contributed by atoms with Crippen LogP contribution in [0.1, 0.15) is 29.7 Å². The second-order valence-corrected chi connectivity index (χ2v) is 7.51. The van der Waals surface area contributed by atoms with Crippen molar-refractivity contribution in [2.75, 3.05) is 4.90 Å². The Labute approximate surface area is 183 Å². The summed E-state index contributed by atoms with van der Waals surface area (Å²) < 4.78 is 13.7. The van der Waals surface area contributed by atoms with Crippen molar-refractivity contribution in [3.8, 4) is 0 Å². The van der Waals surface area contributed by atoms with Crippen molar-refractivity contribution >= 4 is 34.7 Å². The van der Waals surface area contributed by atoms with E-state index in [1.165, 1.54) is 23.2 Å². The number of carbonyl (C=O) groups excluding carboxylic acids is 2. The summed E-state index contributed by atoms with van der Waals surface area (Å²) >= 11 is 5.92. The van der Waals surface area contributed by atoms with Gasteiger partial charge in [0.05, 0.1) is 16.6 Å². The van der Waals surface area contributed by atoms with Crippen LogP contribution >= 0.6 is 11.6 Å². The molecule has 0 radical (unpaired) electrons. The molecule has 1 fully saturated rings. The third-order valence-corrected chi connectivity index (χ3v) is 5.55. The molecule has 0 aliphatic carbocycles. The molecule has 31 heavy (non-hydrogen) atoms. The maximum atomic E-state index is 13.7. The number of nitrogens with zero attached hydrogens (tertiary/aromatic N) is 2. The average Bonchev–Trinajstić information content (AvgIpc) is 3.06. The zero-order valence-corrected chi connectivity index (χ0v) is 17.3. The van der Waals surface area contributed by atoms with Gasteiger partial charge in [0.2, 0.25) is 0 Å². The second-order valence-electron chi connectivity index (χ2n) is 7.10. The van der Waals surface area contributed by atoms with Crippen molar-refractivity contribution in [2.24, 2.45) is 0 Å². The number of benzene rings is 2. The SMILES string of the molecule is CCc1ccc(/C(O)=C2\C(=O)C(=O)N(c3ccc(F)c(Cl)c3)C2c2cccnc2)cc1. The van der Waals surface area contributed by atoms with Crippen LogP contribution in [0.3, 0.4) is 0 Å². The normalized spacial score (nSPS) is 17.9. The van der Waals surface area contributed by atoms with Crippen LogP contribution in [0.4, 0.5) is 10.1 Å². The molecule has 5 nitrogen and oxygen atoms in total. The largest absolute Gasteiger partial charge is 0.507 e. The number of aliphatic hydroxyl groups excluding tert-OH is 1. The standard InChI is InChI=1S/C24H18ClFN2O3/c1-2-14-5-7-15(8-6-14)22(29)20-21(16-4-3-11-27-13-16)28(24(31)23(20)30)17-9-10-19(26)18(25)12-17/h3-13,21,29H,2H2,1H3/b22-20+. The lowest BCUT2D eigenvalue weighted by Crippen LogP contribution is -2.29. The molecule has 4 rings (SSSR count). The topological polar surface area (TPSA) is 70.5 Å². The van der Waals surface area contributed by atoms with E-state index in [0.717, 1.165) is 18.1 Å². The Morgan fingerprint density at radius 3 is 2.52 bits per heavy atom. The first-order valence-electron chi connectivity index (χ1n) is 9.67. The van der Waals surface area contributed by atoms with E-state index in [-0.39, 0.29) is 22.0 Å². The van der Waals surface area contributed by atoms with Crippen molar-refractivity contribution in [3.63, 3.8) is 0 Å². The summed E-state index contributed by atoms with van der Waals surface area (Å²) in [5, 5.41) is 10.9. The number of carbonyl (C=O) groups is 2. The summed E-state index contributed by atoms with van der Waals surface area (Å²) in [6.45, 7) is 2.01. The predicted octanol–water partition coefficient (Wildman–Crippen LogP) is 5.06. The highest BCUT2D eigenvalue weighted by Crippen LogP contribution is 2.42. The summed E-state index contributed by atoms with van der Waals surface area (Å²) in [5.41, 5.74) is 2.18. The Morgan fingerprint density at radius 1 is 1.16 bits per heavy atom. The van der Waals surface area contributed by atoms with E-state index >= 15 is 0 Å². The maximum Gasteiger partial charge on any atom is 0.300 e. The van der Waals surface area contributed by atoms with Crippen molar-refractivity contribution in [1.82, 2.24) is 4.98 Å². The Kier molecular flexibility index (Phi) is 5.57. The van der Waals surface area contributed by atoms with Crippen LogP contribution in [0.15, 0.2) is 72.6 Å². The molecule has 2 heterocycles. The molecule has 1 N–H and O–H groups in total. The fraction of sp³-hybridized carbons (Fsp3) is 0.125. The average molecular weight is 437 g/mol. The van der Waals surface area contributed by atoms with Crippen molar-refractivity contribution in [2.45, 2.75) is 19.4 Å². The fourth-order valence-corrected chi connectivity index (χ4v) is 3.82. The van der Waals surface area contributed by atoms with Crippen LogP contribution in [0.2, 0.25) is 5.02 Å². The summed E-state index contributed by atoms with van der Waals surface area (Å²) in [6, 6.07) is 13.3. The van der Waals surface area contributed by atoms with Crippen LogP contribution in [0, 0.1) is 5.82 Å². The minimum Gasteiger partial charge on any atom is -0.507 e. The molecule has 0 saturated carbocycles. The van der Waals surface area contributed by atoms with Gasteiger partial charge >= 0.3 is 0 Å². The highest BCUT2D eigenvalue weighted by molar-refractivity contribution is 6.51. The Hall–Kier alpha value is -3.51. The van der Waals surface area contributed by atoms with E-state index in [9.17, 15) is 19.1 Å². The molecule has 156 valence electrons. The molecule has 1 amide bonds. The highest BCUT2D eigenvalue weighted by atomic mass is 35.5. The van der Waals surface area contributed by atoms with Gasteiger partial charge in [0, 0.05) is 23.6 Å². The monoisotopic (exact) mass is 436 g/mol. The smallest absolute Gasteiger partial charge is 0.300 e. The molecule has 0 spiro atoms. The molecule has 3 aromatic rings. The van der Waals surface area contributed by atoms with Gasteiger partial charge in [-0.05, 0) is 41.8 Å². The van der Waals surface area contributed by atoms with Crippen molar-refractivity contribution in [3.05, 3.63) is 100 Å². The number of ketones is 1. The molecule has 1 aromatic heterocycles. The van der Waals surface area contributed by atoms with Gasteiger partial charge < -0.3 is 5.11 Å². The predicted molar refractivity (Wildman–Crippen MR) is 116 cm³/mol. The number of aryl methyl sites for hydroxylation is 1. The molecular weight excluding hydrogens is 419 g/mol. The van der Waals surface area contributed by atoms with E-state index in [1.807, 2.05) is 19.1 Å². The van der Waals surface area contributed by atoms with Gasteiger partial charge in [0.1, 0.15) is 11.6 Å². The molecule has 0 bridgehead atoms. The number of amides is 1.